The third-order valence-electron chi connectivity index (χ3n) is 11.2. The van der Waals surface area contributed by atoms with Gasteiger partial charge in [-0.05, 0) is 84.1 Å². The molecule has 2 saturated heterocycles. The minimum atomic E-state index is -1.20. The van der Waals surface area contributed by atoms with E-state index in [2.05, 4.69) is 25.3 Å². The van der Waals surface area contributed by atoms with Gasteiger partial charge in [-0.25, -0.2) is 4.39 Å². The molecule has 10 heteroatoms. The molecule has 0 radical (unpaired) electrons. The number of carbonyl (C=O) groups is 2. The molecule has 6 aliphatic rings. The van der Waals surface area contributed by atoms with Gasteiger partial charge in [0.15, 0.2) is 5.78 Å². The lowest BCUT2D eigenvalue weighted by atomic mass is 9.65. The summed E-state index contributed by atoms with van der Waals surface area (Å²) in [5.41, 5.74) is 0.211. The van der Waals surface area contributed by atoms with Crippen LogP contribution in [0.4, 0.5) is 4.39 Å². The van der Waals surface area contributed by atoms with Crippen LogP contribution in [-0.4, -0.2) is 129 Å². The molecular formula is C33H54FN5O4. The number of nitrogens with one attached hydrogen (secondary N) is 2. The maximum atomic E-state index is 16.1. The number of rotatable bonds is 11. The van der Waals surface area contributed by atoms with Crippen LogP contribution in [-0.2, 0) is 19.1 Å². The van der Waals surface area contributed by atoms with Crippen molar-refractivity contribution in [1.82, 2.24) is 25.3 Å². The van der Waals surface area contributed by atoms with Gasteiger partial charge < -0.3 is 29.9 Å². The Bertz CT molecular complexity index is 1010. The number of ketones is 1. The zero-order valence-electron chi connectivity index (χ0n) is 26.4. The van der Waals surface area contributed by atoms with Gasteiger partial charge in [0.2, 0.25) is 0 Å². The summed E-state index contributed by atoms with van der Waals surface area (Å²) in [5.74, 6) is 0.250. The third kappa shape index (κ3) is 6.98. The molecule has 1 amide bonds. The molecule has 2 N–H and O–H groups in total. The van der Waals surface area contributed by atoms with Crippen LogP contribution in [0.5, 0.6) is 0 Å². The van der Waals surface area contributed by atoms with Gasteiger partial charge in [0, 0.05) is 31.8 Å². The van der Waals surface area contributed by atoms with Gasteiger partial charge in [-0.1, -0.05) is 25.7 Å². The molecule has 0 aromatic carbocycles. The highest BCUT2D eigenvalue weighted by atomic mass is 19.1. The van der Waals surface area contributed by atoms with E-state index < -0.39 is 24.2 Å². The maximum Gasteiger partial charge on any atom is 0.256 e. The number of ether oxygens (including phenoxy) is 2. The number of halogens is 1. The van der Waals surface area contributed by atoms with E-state index in [0.29, 0.717) is 24.9 Å². The Kier molecular flexibility index (Phi) is 10.4. The summed E-state index contributed by atoms with van der Waals surface area (Å²) in [6.45, 7) is 6.63. The van der Waals surface area contributed by atoms with Crippen molar-refractivity contribution in [3.05, 3.63) is 11.8 Å². The molecule has 9 atom stereocenters. The van der Waals surface area contributed by atoms with E-state index in [1.54, 1.807) is 0 Å². The van der Waals surface area contributed by atoms with E-state index >= 15 is 4.39 Å². The number of nitrogens with zero attached hydrogens (tertiary/aromatic N) is 3. The average molecular weight is 604 g/mol. The smallest absolute Gasteiger partial charge is 0.256 e. The van der Waals surface area contributed by atoms with Crippen molar-refractivity contribution >= 4 is 11.7 Å². The van der Waals surface area contributed by atoms with Gasteiger partial charge >= 0.3 is 0 Å². The Morgan fingerprint density at radius 3 is 2.58 bits per heavy atom. The molecule has 0 aromatic rings. The van der Waals surface area contributed by atoms with Crippen LogP contribution in [0.25, 0.3) is 0 Å². The molecular weight excluding hydrogens is 549 g/mol. The molecule has 9 nitrogen and oxygen atoms in total. The SMILES string of the molecule is CN(C)CCCCNC(=O)C1=CN2C3CC4CCCCC4CC3OC3C(NCCCN4CCOCC4)C(F)CC(C1=O)C32. The van der Waals surface area contributed by atoms with Crippen molar-refractivity contribution in [2.24, 2.45) is 17.8 Å². The summed E-state index contributed by atoms with van der Waals surface area (Å²) in [6, 6.07) is -0.543. The summed E-state index contributed by atoms with van der Waals surface area (Å²) in [5, 5.41) is 6.55. The Balaban J connectivity index is 1.18. The summed E-state index contributed by atoms with van der Waals surface area (Å²) >= 11 is 0. The maximum absolute atomic E-state index is 16.1. The number of Topliss-reactive ketones (excluding diaryl/α,β-unsaturated/α-hetero) is 1. The molecule has 6 rings (SSSR count). The van der Waals surface area contributed by atoms with E-state index in [0.717, 1.165) is 71.5 Å². The fraction of sp³-hybridized carbons (Fsp3) is 0.879. The van der Waals surface area contributed by atoms with Crippen LogP contribution in [0.2, 0.25) is 0 Å². The van der Waals surface area contributed by atoms with Crippen molar-refractivity contribution in [2.75, 3.05) is 66.6 Å². The first-order chi connectivity index (χ1) is 20.9. The van der Waals surface area contributed by atoms with Crippen molar-refractivity contribution < 1.29 is 23.5 Å². The number of fused-ring (bicyclic) bond motifs is 3. The van der Waals surface area contributed by atoms with Gasteiger partial charge in [-0.3, -0.25) is 14.5 Å². The Morgan fingerprint density at radius 2 is 1.81 bits per heavy atom. The molecule has 9 unspecified atom stereocenters. The number of hydrogen-bond acceptors (Lipinski definition) is 8. The minimum Gasteiger partial charge on any atom is -0.379 e. The summed E-state index contributed by atoms with van der Waals surface area (Å²) in [6.07, 6.45) is 10.3. The van der Waals surface area contributed by atoms with Crippen LogP contribution in [0.1, 0.15) is 64.2 Å². The minimum absolute atomic E-state index is 0.00370. The standard InChI is InChI=1S/C33H54FN5O4/c1-37(2)12-6-5-10-36-33(41)25-21-39-27-18-22-8-3-4-9-23(22)19-28(27)43-32-29(26(34)20-24(30(32)39)31(25)40)35-11-7-13-38-14-16-42-17-15-38/h21-24,26-30,32,35H,3-20H2,1-2H3,(H,36,41). The summed E-state index contributed by atoms with van der Waals surface area (Å²) in [4.78, 5) is 34.1. The van der Waals surface area contributed by atoms with Crippen molar-refractivity contribution in [2.45, 2.75) is 101 Å². The highest BCUT2D eigenvalue weighted by Crippen LogP contribution is 2.50. The predicted octanol–water partition coefficient (Wildman–Crippen LogP) is 2.36. The first-order valence-electron chi connectivity index (χ1n) is 17.2. The van der Waals surface area contributed by atoms with Gasteiger partial charge in [0.25, 0.3) is 5.91 Å². The van der Waals surface area contributed by atoms with Gasteiger partial charge in [0.1, 0.15) is 6.17 Å². The second-order valence-corrected chi connectivity index (χ2v) is 14.2. The summed E-state index contributed by atoms with van der Waals surface area (Å²) < 4.78 is 28.4. The number of carbonyl (C=O) groups excluding carboxylic acids is 2. The van der Waals surface area contributed by atoms with E-state index in [-0.39, 0.29) is 41.9 Å². The lowest BCUT2D eigenvalue weighted by Gasteiger charge is -2.61. The van der Waals surface area contributed by atoms with Gasteiger partial charge in [0.05, 0.1) is 49.1 Å². The molecule has 3 aliphatic heterocycles. The van der Waals surface area contributed by atoms with Crippen LogP contribution >= 0.6 is 0 Å². The topological polar surface area (TPSA) is 86.4 Å². The number of morpholine rings is 2. The second-order valence-electron chi connectivity index (χ2n) is 14.2. The molecule has 3 aliphatic carbocycles. The van der Waals surface area contributed by atoms with Gasteiger partial charge in [-0.2, -0.15) is 0 Å². The number of amides is 1. The molecule has 3 saturated carbocycles. The highest BCUT2D eigenvalue weighted by Gasteiger charge is 2.59. The van der Waals surface area contributed by atoms with Crippen molar-refractivity contribution in [3.63, 3.8) is 0 Å². The molecule has 242 valence electrons. The molecule has 5 fully saturated rings. The lowest BCUT2D eigenvalue weighted by molar-refractivity contribution is -0.208. The molecule has 0 aromatic heterocycles. The fourth-order valence-electron chi connectivity index (χ4n) is 8.94. The van der Waals surface area contributed by atoms with E-state index in [9.17, 15) is 9.59 Å². The molecule has 0 bridgehead atoms. The van der Waals surface area contributed by atoms with E-state index in [1.165, 1.54) is 25.7 Å². The quantitative estimate of drug-likeness (QED) is 0.275. The van der Waals surface area contributed by atoms with Crippen LogP contribution in [0.15, 0.2) is 11.8 Å². The van der Waals surface area contributed by atoms with Crippen LogP contribution in [0, 0.1) is 17.8 Å². The number of hydrogen-bond donors (Lipinski definition) is 2. The zero-order chi connectivity index (χ0) is 29.9. The second kappa shape index (κ2) is 14.2. The average Bonchev–Trinajstić information content (AvgIpc) is 3.00. The zero-order valence-corrected chi connectivity index (χ0v) is 26.4. The van der Waals surface area contributed by atoms with Crippen LogP contribution < -0.4 is 10.6 Å². The van der Waals surface area contributed by atoms with E-state index in [1.807, 2.05) is 20.3 Å². The first kappa shape index (κ1) is 31.4. The monoisotopic (exact) mass is 603 g/mol. The molecule has 3 heterocycles. The van der Waals surface area contributed by atoms with Crippen LogP contribution in [0.3, 0.4) is 0 Å². The Morgan fingerprint density at radius 1 is 1.05 bits per heavy atom. The normalized spacial score (nSPS) is 37.8. The van der Waals surface area contributed by atoms with Gasteiger partial charge in [-0.15, -0.1) is 0 Å². The number of alkyl halides is 1. The highest BCUT2D eigenvalue weighted by molar-refractivity contribution is 6.20. The first-order valence-corrected chi connectivity index (χ1v) is 17.2. The molecule has 43 heavy (non-hydrogen) atoms. The number of unbranched alkanes of at least 4 members (excludes halogenated alkanes) is 1. The van der Waals surface area contributed by atoms with Crippen molar-refractivity contribution in [1.29, 1.82) is 0 Å². The van der Waals surface area contributed by atoms with Crippen molar-refractivity contribution in [3.8, 4) is 0 Å². The molecule has 0 spiro atoms. The summed E-state index contributed by atoms with van der Waals surface area (Å²) in [7, 11) is 4.08. The fourth-order valence-corrected chi connectivity index (χ4v) is 8.94. The van der Waals surface area contributed by atoms with E-state index in [4.69, 9.17) is 9.47 Å². The Labute approximate surface area is 257 Å². The lowest BCUT2D eigenvalue weighted by Crippen LogP contribution is -2.73. The predicted molar refractivity (Wildman–Crippen MR) is 163 cm³/mol. The Hall–Kier alpha value is -1.59. The third-order valence-corrected chi connectivity index (χ3v) is 11.2. The largest absolute Gasteiger partial charge is 0.379 e.